The summed E-state index contributed by atoms with van der Waals surface area (Å²) < 4.78 is 5.51. The molecule has 4 nitrogen and oxygen atoms in total. The van der Waals surface area contributed by atoms with Crippen LogP contribution in [0.3, 0.4) is 0 Å². The Bertz CT molecular complexity index is 446. The Hall–Kier alpha value is -1.55. The minimum atomic E-state index is -0.397. The van der Waals surface area contributed by atoms with Gasteiger partial charge in [0.25, 0.3) is 5.91 Å². The molecule has 0 bridgehead atoms. The molecule has 0 aliphatic rings. The summed E-state index contributed by atoms with van der Waals surface area (Å²) in [5, 5.41) is 9.21. The Morgan fingerprint density at radius 2 is 1.86 bits per heavy atom. The molecule has 1 aromatic rings. The number of carbonyl (C=O) groups excluding carboxylic acids is 1. The van der Waals surface area contributed by atoms with Crippen molar-refractivity contribution in [2.24, 2.45) is 0 Å². The highest BCUT2D eigenvalue weighted by atomic mass is 16.5. The normalized spacial score (nSPS) is 12.9. The molecule has 0 saturated carbocycles. The molecule has 0 aliphatic heterocycles. The highest BCUT2D eigenvalue weighted by molar-refractivity contribution is 5.77. The molecular weight excluding hydrogens is 266 g/mol. The number of rotatable bonds is 6. The summed E-state index contributed by atoms with van der Waals surface area (Å²) in [7, 11) is 1.72. The first kappa shape index (κ1) is 17.5. The minimum absolute atomic E-state index is 0.0190. The average molecular weight is 293 g/mol. The fraction of sp³-hybridized carbons (Fsp3) is 0.588. The second-order valence-corrected chi connectivity index (χ2v) is 6.52. The van der Waals surface area contributed by atoms with E-state index in [1.807, 2.05) is 24.3 Å². The summed E-state index contributed by atoms with van der Waals surface area (Å²) in [4.78, 5) is 13.5. The quantitative estimate of drug-likeness (QED) is 0.877. The van der Waals surface area contributed by atoms with Gasteiger partial charge in [-0.3, -0.25) is 4.79 Å². The molecule has 0 spiro atoms. The van der Waals surface area contributed by atoms with Gasteiger partial charge in [-0.05, 0) is 36.5 Å². The molecule has 1 rings (SSSR count). The molecule has 118 valence electrons. The van der Waals surface area contributed by atoms with Gasteiger partial charge in [0.2, 0.25) is 0 Å². The molecule has 1 N–H and O–H groups in total. The first-order chi connectivity index (χ1) is 9.70. The van der Waals surface area contributed by atoms with Gasteiger partial charge in [0.1, 0.15) is 5.75 Å². The van der Waals surface area contributed by atoms with Crippen LogP contribution in [0.15, 0.2) is 24.3 Å². The van der Waals surface area contributed by atoms with Crippen molar-refractivity contribution >= 4 is 5.91 Å². The molecule has 1 atom stereocenters. The van der Waals surface area contributed by atoms with Crippen LogP contribution in [0.4, 0.5) is 0 Å². The molecule has 0 fully saturated rings. The highest BCUT2D eigenvalue weighted by Crippen LogP contribution is 2.24. The van der Waals surface area contributed by atoms with Gasteiger partial charge in [0, 0.05) is 13.6 Å². The highest BCUT2D eigenvalue weighted by Gasteiger charge is 2.14. The minimum Gasteiger partial charge on any atom is -0.484 e. The maximum absolute atomic E-state index is 11.9. The number of aliphatic hydroxyl groups excluding tert-OH is 1. The molecule has 1 aromatic carbocycles. The average Bonchev–Trinajstić information content (AvgIpc) is 2.41. The molecule has 0 aliphatic carbocycles. The summed E-state index contributed by atoms with van der Waals surface area (Å²) in [5.41, 5.74) is 1.34. The lowest BCUT2D eigenvalue weighted by atomic mass is 9.87. The summed E-state index contributed by atoms with van der Waals surface area (Å²) in [6, 6.07) is 7.83. The third-order valence-corrected chi connectivity index (χ3v) is 3.39. The van der Waals surface area contributed by atoms with E-state index < -0.39 is 6.10 Å². The van der Waals surface area contributed by atoms with Crippen LogP contribution in [0.2, 0.25) is 0 Å². The largest absolute Gasteiger partial charge is 0.484 e. The van der Waals surface area contributed by atoms with Crippen molar-refractivity contribution in [2.45, 2.75) is 45.6 Å². The molecule has 0 heterocycles. The van der Waals surface area contributed by atoms with Gasteiger partial charge < -0.3 is 14.7 Å². The zero-order chi connectivity index (χ0) is 16.0. The lowest BCUT2D eigenvalue weighted by Gasteiger charge is -2.20. The monoisotopic (exact) mass is 293 g/mol. The second kappa shape index (κ2) is 7.46. The Morgan fingerprint density at radius 1 is 1.29 bits per heavy atom. The SMILES string of the molecule is CC(O)CCN(C)C(=O)COc1ccc(C(C)(C)C)cc1. The number of hydrogen-bond donors (Lipinski definition) is 1. The van der Waals surface area contributed by atoms with Crippen molar-refractivity contribution in [3.8, 4) is 5.75 Å². The maximum atomic E-state index is 11.9. The van der Waals surface area contributed by atoms with Crippen LogP contribution in [0.1, 0.15) is 39.7 Å². The number of likely N-dealkylation sites (N-methyl/N-ethyl adjacent to an activating group) is 1. The van der Waals surface area contributed by atoms with Gasteiger partial charge in [0.15, 0.2) is 6.61 Å². The van der Waals surface area contributed by atoms with E-state index in [0.29, 0.717) is 18.7 Å². The predicted molar refractivity (Wildman–Crippen MR) is 84.6 cm³/mol. The first-order valence-electron chi connectivity index (χ1n) is 7.35. The molecule has 21 heavy (non-hydrogen) atoms. The van der Waals surface area contributed by atoms with E-state index >= 15 is 0 Å². The Morgan fingerprint density at radius 3 is 2.33 bits per heavy atom. The van der Waals surface area contributed by atoms with E-state index in [2.05, 4.69) is 20.8 Å². The second-order valence-electron chi connectivity index (χ2n) is 6.52. The van der Waals surface area contributed by atoms with Gasteiger partial charge >= 0.3 is 0 Å². The zero-order valence-electron chi connectivity index (χ0n) is 13.7. The van der Waals surface area contributed by atoms with Crippen LogP contribution in [0.5, 0.6) is 5.75 Å². The number of amides is 1. The Balaban J connectivity index is 2.46. The predicted octanol–water partition coefficient (Wildman–Crippen LogP) is 2.59. The third-order valence-electron chi connectivity index (χ3n) is 3.39. The van der Waals surface area contributed by atoms with Crippen molar-refractivity contribution in [1.29, 1.82) is 0 Å². The molecular formula is C17H27NO3. The lowest BCUT2D eigenvalue weighted by Crippen LogP contribution is -2.33. The van der Waals surface area contributed by atoms with E-state index in [-0.39, 0.29) is 17.9 Å². The van der Waals surface area contributed by atoms with Crippen molar-refractivity contribution in [1.82, 2.24) is 4.90 Å². The number of hydrogen-bond acceptors (Lipinski definition) is 3. The van der Waals surface area contributed by atoms with Crippen LogP contribution in [-0.4, -0.2) is 42.2 Å². The van der Waals surface area contributed by atoms with E-state index in [0.717, 1.165) is 0 Å². The smallest absolute Gasteiger partial charge is 0.260 e. The lowest BCUT2D eigenvalue weighted by molar-refractivity contribution is -0.132. The van der Waals surface area contributed by atoms with Crippen LogP contribution >= 0.6 is 0 Å². The van der Waals surface area contributed by atoms with E-state index in [4.69, 9.17) is 4.74 Å². The zero-order valence-corrected chi connectivity index (χ0v) is 13.7. The van der Waals surface area contributed by atoms with Gasteiger partial charge in [0.05, 0.1) is 6.10 Å². The van der Waals surface area contributed by atoms with E-state index in [1.165, 1.54) is 5.56 Å². The van der Waals surface area contributed by atoms with Crippen LogP contribution < -0.4 is 4.74 Å². The number of ether oxygens (including phenoxy) is 1. The van der Waals surface area contributed by atoms with Gasteiger partial charge in [-0.15, -0.1) is 0 Å². The van der Waals surface area contributed by atoms with Crippen molar-refractivity contribution in [3.63, 3.8) is 0 Å². The van der Waals surface area contributed by atoms with Crippen LogP contribution in [0.25, 0.3) is 0 Å². The molecule has 0 radical (unpaired) electrons. The molecule has 0 aromatic heterocycles. The van der Waals surface area contributed by atoms with E-state index in [1.54, 1.807) is 18.9 Å². The third kappa shape index (κ3) is 6.17. The van der Waals surface area contributed by atoms with Gasteiger partial charge in [-0.2, -0.15) is 0 Å². The van der Waals surface area contributed by atoms with Crippen LogP contribution in [0, 0.1) is 0 Å². The van der Waals surface area contributed by atoms with E-state index in [9.17, 15) is 9.90 Å². The summed E-state index contributed by atoms with van der Waals surface area (Å²) in [6.45, 7) is 8.73. The fourth-order valence-electron chi connectivity index (χ4n) is 1.81. The summed E-state index contributed by atoms with van der Waals surface area (Å²) in [5.74, 6) is 0.607. The topological polar surface area (TPSA) is 49.8 Å². The summed E-state index contributed by atoms with van der Waals surface area (Å²) >= 11 is 0. The Kier molecular flexibility index (Phi) is 6.21. The Labute approximate surface area is 127 Å². The van der Waals surface area contributed by atoms with Gasteiger partial charge in [-0.25, -0.2) is 0 Å². The standard InChI is InChI=1S/C17H27NO3/c1-13(19)10-11-18(5)16(20)12-21-15-8-6-14(7-9-15)17(2,3)4/h6-9,13,19H,10-12H2,1-5H3. The fourth-order valence-corrected chi connectivity index (χ4v) is 1.81. The van der Waals surface area contributed by atoms with Crippen LogP contribution in [-0.2, 0) is 10.2 Å². The number of nitrogens with zero attached hydrogens (tertiary/aromatic N) is 1. The first-order valence-corrected chi connectivity index (χ1v) is 7.35. The maximum Gasteiger partial charge on any atom is 0.260 e. The molecule has 0 saturated heterocycles. The number of carbonyl (C=O) groups is 1. The number of benzene rings is 1. The van der Waals surface area contributed by atoms with Gasteiger partial charge in [-0.1, -0.05) is 32.9 Å². The van der Waals surface area contributed by atoms with Crippen molar-refractivity contribution in [3.05, 3.63) is 29.8 Å². The molecule has 1 amide bonds. The number of aliphatic hydroxyl groups is 1. The van der Waals surface area contributed by atoms with Crippen molar-refractivity contribution in [2.75, 3.05) is 20.2 Å². The summed E-state index contributed by atoms with van der Waals surface area (Å²) in [6.07, 6.45) is 0.175. The van der Waals surface area contributed by atoms with Crippen molar-refractivity contribution < 1.29 is 14.6 Å². The molecule has 1 unspecified atom stereocenters. The molecule has 4 heteroatoms.